The fourth-order valence-corrected chi connectivity index (χ4v) is 4.26. The van der Waals surface area contributed by atoms with E-state index >= 15 is 0 Å². The number of amides is 1. The maximum atomic E-state index is 14.7. The summed E-state index contributed by atoms with van der Waals surface area (Å²) < 4.78 is 15.7. The number of aromatic amines is 1. The van der Waals surface area contributed by atoms with Gasteiger partial charge in [-0.2, -0.15) is 0 Å². The number of pyridine rings is 2. The van der Waals surface area contributed by atoms with Crippen LogP contribution in [0.2, 0.25) is 0 Å². The topological polar surface area (TPSA) is 116 Å². The van der Waals surface area contributed by atoms with E-state index in [1.165, 1.54) is 6.07 Å². The number of H-pyrrole nitrogens is 1. The SMILES string of the molecule is CCNC(=O)c1ccc(N2CCN(Cc3cc(F)c4c(=O)n(CC)c(=O)[nH]c4n3)CC2)c(C)n1. The lowest BCUT2D eigenvalue weighted by Gasteiger charge is -2.36. The van der Waals surface area contributed by atoms with Crippen LogP contribution in [-0.4, -0.2) is 63.0 Å². The molecule has 3 aromatic rings. The molecule has 34 heavy (non-hydrogen) atoms. The predicted octanol–water partition coefficient (Wildman–Crippen LogP) is 1.02. The summed E-state index contributed by atoms with van der Waals surface area (Å²) in [5.41, 5.74) is 1.32. The Kier molecular flexibility index (Phi) is 6.73. The zero-order valence-electron chi connectivity index (χ0n) is 19.5. The molecule has 2 N–H and O–H groups in total. The number of halogens is 1. The van der Waals surface area contributed by atoms with E-state index in [1.807, 2.05) is 19.9 Å². The molecule has 10 nitrogen and oxygen atoms in total. The number of carbonyl (C=O) groups excluding carboxylic acids is 1. The fourth-order valence-electron chi connectivity index (χ4n) is 4.26. The van der Waals surface area contributed by atoms with Gasteiger partial charge in [0.1, 0.15) is 22.5 Å². The number of carbonyl (C=O) groups is 1. The van der Waals surface area contributed by atoms with Gasteiger partial charge in [-0.3, -0.25) is 24.0 Å². The molecule has 0 unspecified atom stereocenters. The number of nitrogens with zero attached hydrogens (tertiary/aromatic N) is 5. The fraction of sp³-hybridized carbons (Fsp3) is 0.435. The quantitative estimate of drug-likeness (QED) is 0.554. The Morgan fingerprint density at radius 1 is 1.15 bits per heavy atom. The van der Waals surface area contributed by atoms with E-state index in [0.29, 0.717) is 37.6 Å². The standard InChI is InChI=1S/C23H28FN7O3/c1-4-25-21(32)17-6-7-18(14(3)26-17)30-10-8-29(9-11-30)13-15-12-16(24)19-20(27-15)28-23(34)31(5-2)22(19)33/h6-7,12H,4-5,8-11,13H2,1-3H3,(H,25,32)(H,27,28,34). The third-order valence-electron chi connectivity index (χ3n) is 6.00. The zero-order chi connectivity index (χ0) is 24.4. The van der Waals surface area contributed by atoms with Crippen molar-refractivity contribution in [3.05, 3.63) is 61.9 Å². The van der Waals surface area contributed by atoms with Crippen molar-refractivity contribution in [1.82, 2.24) is 29.7 Å². The summed E-state index contributed by atoms with van der Waals surface area (Å²) in [6.45, 7) is 9.39. The largest absolute Gasteiger partial charge is 0.368 e. The lowest BCUT2D eigenvalue weighted by molar-refractivity contribution is 0.0950. The summed E-state index contributed by atoms with van der Waals surface area (Å²) >= 11 is 0. The number of rotatable bonds is 6. The number of piperazine rings is 1. The summed E-state index contributed by atoms with van der Waals surface area (Å²) in [4.78, 5) is 52.2. The molecule has 0 bridgehead atoms. The number of fused-ring (bicyclic) bond motifs is 1. The molecule has 0 saturated carbocycles. The first kappa shape index (κ1) is 23.6. The van der Waals surface area contributed by atoms with Gasteiger partial charge >= 0.3 is 5.69 Å². The van der Waals surface area contributed by atoms with E-state index in [9.17, 15) is 18.8 Å². The van der Waals surface area contributed by atoms with Gasteiger partial charge in [0.15, 0.2) is 0 Å². The minimum atomic E-state index is -0.684. The first-order valence-corrected chi connectivity index (χ1v) is 11.4. The smallest absolute Gasteiger partial charge is 0.329 e. The van der Waals surface area contributed by atoms with Crippen molar-refractivity contribution in [3.63, 3.8) is 0 Å². The lowest BCUT2D eigenvalue weighted by atomic mass is 10.2. The lowest BCUT2D eigenvalue weighted by Crippen LogP contribution is -2.46. The second kappa shape index (κ2) is 9.72. The molecule has 1 amide bonds. The second-order valence-electron chi connectivity index (χ2n) is 8.22. The van der Waals surface area contributed by atoms with E-state index in [1.54, 1.807) is 13.0 Å². The van der Waals surface area contributed by atoms with Gasteiger partial charge in [-0.05, 0) is 39.0 Å². The molecule has 1 saturated heterocycles. The molecule has 0 aliphatic carbocycles. The Morgan fingerprint density at radius 3 is 2.53 bits per heavy atom. The highest BCUT2D eigenvalue weighted by Crippen LogP contribution is 2.21. The first-order chi connectivity index (χ1) is 16.3. The van der Waals surface area contributed by atoms with E-state index in [2.05, 4.69) is 30.1 Å². The van der Waals surface area contributed by atoms with Crippen molar-refractivity contribution < 1.29 is 9.18 Å². The number of aromatic nitrogens is 4. The third kappa shape index (κ3) is 4.56. The minimum absolute atomic E-state index is 0.0257. The van der Waals surface area contributed by atoms with E-state index in [0.717, 1.165) is 29.0 Å². The van der Waals surface area contributed by atoms with E-state index in [4.69, 9.17) is 0 Å². The van der Waals surface area contributed by atoms with Gasteiger partial charge in [0.25, 0.3) is 11.5 Å². The molecule has 1 fully saturated rings. The van der Waals surface area contributed by atoms with Crippen LogP contribution >= 0.6 is 0 Å². The van der Waals surface area contributed by atoms with Crippen molar-refractivity contribution >= 4 is 22.6 Å². The number of aryl methyl sites for hydroxylation is 1. The maximum Gasteiger partial charge on any atom is 0.329 e. The molecule has 11 heteroatoms. The molecule has 4 heterocycles. The van der Waals surface area contributed by atoms with Crippen LogP contribution in [0.5, 0.6) is 0 Å². The highest BCUT2D eigenvalue weighted by molar-refractivity contribution is 5.92. The molecule has 4 rings (SSSR count). The Balaban J connectivity index is 1.46. The summed E-state index contributed by atoms with van der Waals surface area (Å²) in [7, 11) is 0. The summed E-state index contributed by atoms with van der Waals surface area (Å²) in [5, 5.41) is 2.55. The average molecular weight is 470 g/mol. The summed E-state index contributed by atoms with van der Waals surface area (Å²) in [6.07, 6.45) is 0. The molecule has 1 aliphatic rings. The van der Waals surface area contributed by atoms with E-state index < -0.39 is 17.1 Å². The Labute approximate surface area is 195 Å². The van der Waals surface area contributed by atoms with Gasteiger partial charge in [0.05, 0.1) is 17.1 Å². The Morgan fingerprint density at radius 2 is 1.88 bits per heavy atom. The normalized spacial score (nSPS) is 14.5. The predicted molar refractivity (Wildman–Crippen MR) is 127 cm³/mol. The molecule has 180 valence electrons. The van der Waals surface area contributed by atoms with Gasteiger partial charge in [-0.25, -0.2) is 19.2 Å². The van der Waals surface area contributed by atoms with Crippen LogP contribution in [0.3, 0.4) is 0 Å². The van der Waals surface area contributed by atoms with Crippen molar-refractivity contribution in [2.24, 2.45) is 0 Å². The van der Waals surface area contributed by atoms with E-state index in [-0.39, 0.29) is 23.5 Å². The zero-order valence-corrected chi connectivity index (χ0v) is 19.5. The number of nitrogens with one attached hydrogen (secondary N) is 2. The first-order valence-electron chi connectivity index (χ1n) is 11.4. The highest BCUT2D eigenvalue weighted by Gasteiger charge is 2.21. The van der Waals surface area contributed by atoms with Crippen LogP contribution in [0, 0.1) is 12.7 Å². The van der Waals surface area contributed by atoms with Crippen LogP contribution in [0.1, 0.15) is 35.7 Å². The average Bonchev–Trinajstić information content (AvgIpc) is 2.79. The maximum absolute atomic E-state index is 14.7. The number of hydrogen-bond acceptors (Lipinski definition) is 7. The monoisotopic (exact) mass is 469 g/mol. The van der Waals surface area contributed by atoms with Crippen LogP contribution in [-0.2, 0) is 13.1 Å². The molecule has 3 aromatic heterocycles. The van der Waals surface area contributed by atoms with Crippen molar-refractivity contribution in [2.75, 3.05) is 37.6 Å². The molecule has 1 aliphatic heterocycles. The minimum Gasteiger partial charge on any atom is -0.368 e. The van der Waals surface area contributed by atoms with Crippen LogP contribution in [0.4, 0.5) is 10.1 Å². The molecule has 0 radical (unpaired) electrons. The number of anilines is 1. The van der Waals surface area contributed by atoms with Crippen LogP contribution in [0.25, 0.3) is 11.0 Å². The van der Waals surface area contributed by atoms with Gasteiger partial charge in [-0.1, -0.05) is 0 Å². The third-order valence-corrected chi connectivity index (χ3v) is 6.00. The highest BCUT2D eigenvalue weighted by atomic mass is 19.1. The molecule has 0 aromatic carbocycles. The Bertz CT molecular complexity index is 1340. The molecular weight excluding hydrogens is 441 g/mol. The van der Waals surface area contributed by atoms with Crippen LogP contribution in [0.15, 0.2) is 27.8 Å². The van der Waals surface area contributed by atoms with Gasteiger partial charge in [0, 0.05) is 45.8 Å². The molecule has 0 atom stereocenters. The van der Waals surface area contributed by atoms with Gasteiger partial charge < -0.3 is 10.2 Å². The van der Waals surface area contributed by atoms with Crippen LogP contribution < -0.4 is 21.5 Å². The summed E-state index contributed by atoms with van der Waals surface area (Å²) in [6, 6.07) is 4.92. The summed E-state index contributed by atoms with van der Waals surface area (Å²) in [5.74, 6) is -0.872. The van der Waals surface area contributed by atoms with Crippen molar-refractivity contribution in [3.8, 4) is 0 Å². The van der Waals surface area contributed by atoms with Crippen molar-refractivity contribution in [2.45, 2.75) is 33.9 Å². The second-order valence-corrected chi connectivity index (χ2v) is 8.22. The van der Waals surface area contributed by atoms with Crippen molar-refractivity contribution in [1.29, 1.82) is 0 Å². The van der Waals surface area contributed by atoms with Gasteiger partial charge in [-0.15, -0.1) is 0 Å². The van der Waals surface area contributed by atoms with Gasteiger partial charge in [0.2, 0.25) is 0 Å². The number of hydrogen-bond donors (Lipinski definition) is 2. The molecular formula is C23H28FN7O3. The Hall–Kier alpha value is -3.60. The molecule has 0 spiro atoms.